The molecule has 0 fully saturated rings. The molecule has 5 nitrogen and oxygen atoms in total. The van der Waals surface area contributed by atoms with E-state index in [2.05, 4.69) is 69.1 Å². The van der Waals surface area contributed by atoms with Crippen molar-refractivity contribution in [2.75, 3.05) is 7.05 Å². The summed E-state index contributed by atoms with van der Waals surface area (Å²) in [7, 11) is 1.78. The third-order valence-corrected chi connectivity index (χ3v) is 5.01. The van der Waals surface area contributed by atoms with E-state index in [1.54, 1.807) is 18.4 Å². The maximum absolute atomic E-state index is 4.65. The highest BCUT2D eigenvalue weighted by atomic mass is 32.1. The van der Waals surface area contributed by atoms with Crippen molar-refractivity contribution in [3.63, 3.8) is 0 Å². The van der Waals surface area contributed by atoms with Gasteiger partial charge in [-0.3, -0.25) is 9.98 Å². The predicted octanol–water partition coefficient (Wildman–Crippen LogP) is 4.19. The maximum Gasteiger partial charge on any atom is 0.191 e. The van der Waals surface area contributed by atoms with Gasteiger partial charge in [-0.1, -0.05) is 38.1 Å². The Morgan fingerprint density at radius 1 is 1.11 bits per heavy atom. The first-order chi connectivity index (χ1) is 13.2. The van der Waals surface area contributed by atoms with Crippen molar-refractivity contribution < 1.29 is 0 Å². The van der Waals surface area contributed by atoms with E-state index in [9.17, 15) is 0 Å². The first-order valence-electron chi connectivity index (χ1n) is 9.05. The van der Waals surface area contributed by atoms with Crippen LogP contribution in [0.5, 0.6) is 0 Å². The summed E-state index contributed by atoms with van der Waals surface area (Å²) in [5.41, 5.74) is 4.41. The highest BCUT2D eigenvalue weighted by Crippen LogP contribution is 2.18. The van der Waals surface area contributed by atoms with Gasteiger partial charge in [0.25, 0.3) is 0 Å². The van der Waals surface area contributed by atoms with Crippen LogP contribution in [0.2, 0.25) is 0 Å². The molecule has 27 heavy (non-hydrogen) atoms. The number of nitrogens with zero attached hydrogens (tertiary/aromatic N) is 3. The molecule has 0 aliphatic rings. The number of aromatic nitrogens is 2. The van der Waals surface area contributed by atoms with Crippen LogP contribution in [0.15, 0.2) is 59.0 Å². The second-order valence-electron chi connectivity index (χ2n) is 6.52. The fourth-order valence-electron chi connectivity index (χ4n) is 2.61. The lowest BCUT2D eigenvalue weighted by Gasteiger charge is -2.11. The molecule has 140 valence electrons. The zero-order chi connectivity index (χ0) is 19.1. The Kier molecular flexibility index (Phi) is 6.54. The maximum atomic E-state index is 4.65. The lowest BCUT2D eigenvalue weighted by molar-refractivity contribution is 0.785. The molecule has 0 saturated carbocycles. The molecule has 0 radical (unpaired) electrons. The van der Waals surface area contributed by atoms with E-state index in [0.717, 1.165) is 27.9 Å². The van der Waals surface area contributed by atoms with Gasteiger partial charge < -0.3 is 10.6 Å². The minimum absolute atomic E-state index is 0.457. The summed E-state index contributed by atoms with van der Waals surface area (Å²) < 4.78 is 0. The van der Waals surface area contributed by atoms with Gasteiger partial charge in [-0.25, -0.2) is 4.98 Å². The quantitative estimate of drug-likeness (QED) is 0.498. The smallest absolute Gasteiger partial charge is 0.191 e. The van der Waals surface area contributed by atoms with Gasteiger partial charge in [0.2, 0.25) is 0 Å². The molecule has 3 rings (SSSR count). The fourth-order valence-corrected chi connectivity index (χ4v) is 3.51. The van der Waals surface area contributed by atoms with Gasteiger partial charge in [0, 0.05) is 30.7 Å². The lowest BCUT2D eigenvalue weighted by atomic mass is 10.1. The summed E-state index contributed by atoms with van der Waals surface area (Å²) in [6.07, 6.45) is 1.81. The molecule has 0 spiro atoms. The van der Waals surface area contributed by atoms with Gasteiger partial charge in [-0.05, 0) is 29.7 Å². The fraction of sp³-hybridized carbons (Fsp3) is 0.286. The number of rotatable bonds is 6. The van der Waals surface area contributed by atoms with Crippen LogP contribution in [0, 0.1) is 0 Å². The van der Waals surface area contributed by atoms with Crippen molar-refractivity contribution in [3.8, 4) is 11.3 Å². The zero-order valence-electron chi connectivity index (χ0n) is 15.9. The number of thiazole rings is 1. The summed E-state index contributed by atoms with van der Waals surface area (Å²) in [6, 6.07) is 14.3. The first kappa shape index (κ1) is 19.0. The minimum Gasteiger partial charge on any atom is -0.352 e. The molecule has 2 aromatic heterocycles. The number of aliphatic imine (C=N–C) groups is 1. The van der Waals surface area contributed by atoms with Crippen molar-refractivity contribution in [1.82, 2.24) is 20.6 Å². The standard InChI is InChI=1S/C21H25N5S/c1-15(2)19-14-27-20(26-19)13-25-21(22-3)24-12-16-7-6-8-17(11-16)18-9-4-5-10-23-18/h4-11,14-15H,12-13H2,1-3H3,(H2,22,24,25). The van der Waals surface area contributed by atoms with Crippen molar-refractivity contribution in [3.05, 3.63) is 70.3 Å². The summed E-state index contributed by atoms with van der Waals surface area (Å²) in [4.78, 5) is 13.4. The Balaban J connectivity index is 1.56. The Labute approximate surface area is 164 Å². The molecule has 0 aliphatic heterocycles. The van der Waals surface area contributed by atoms with Crippen molar-refractivity contribution >= 4 is 17.3 Å². The number of nitrogens with one attached hydrogen (secondary N) is 2. The number of guanidine groups is 1. The van der Waals surface area contributed by atoms with Gasteiger partial charge >= 0.3 is 0 Å². The third-order valence-electron chi connectivity index (χ3n) is 4.14. The Morgan fingerprint density at radius 3 is 2.67 bits per heavy atom. The number of hydrogen-bond acceptors (Lipinski definition) is 4. The molecule has 0 atom stereocenters. The second kappa shape index (κ2) is 9.28. The molecule has 6 heteroatoms. The number of benzene rings is 1. The Morgan fingerprint density at radius 2 is 1.96 bits per heavy atom. The summed E-state index contributed by atoms with van der Waals surface area (Å²) in [6.45, 7) is 5.68. The van der Waals surface area contributed by atoms with Crippen molar-refractivity contribution in [2.24, 2.45) is 4.99 Å². The molecule has 0 amide bonds. The monoisotopic (exact) mass is 379 g/mol. The average molecular weight is 380 g/mol. The largest absolute Gasteiger partial charge is 0.352 e. The van der Waals surface area contributed by atoms with E-state index in [1.807, 2.05) is 24.4 Å². The Hall–Kier alpha value is -2.73. The van der Waals surface area contributed by atoms with Crippen LogP contribution in [0.3, 0.4) is 0 Å². The first-order valence-corrected chi connectivity index (χ1v) is 9.93. The molecular formula is C21H25N5S. The number of pyridine rings is 1. The topological polar surface area (TPSA) is 62.2 Å². The third kappa shape index (κ3) is 5.37. The van der Waals surface area contributed by atoms with E-state index >= 15 is 0 Å². The van der Waals surface area contributed by atoms with E-state index in [0.29, 0.717) is 19.0 Å². The van der Waals surface area contributed by atoms with Crippen LogP contribution >= 0.6 is 11.3 Å². The van der Waals surface area contributed by atoms with Crippen LogP contribution in [0.25, 0.3) is 11.3 Å². The summed E-state index contributed by atoms with van der Waals surface area (Å²) in [5.74, 6) is 1.22. The average Bonchev–Trinajstić information content (AvgIpc) is 3.18. The van der Waals surface area contributed by atoms with Crippen LogP contribution < -0.4 is 10.6 Å². The van der Waals surface area contributed by atoms with Crippen LogP contribution in [-0.2, 0) is 13.1 Å². The minimum atomic E-state index is 0.457. The van der Waals surface area contributed by atoms with Crippen LogP contribution in [0.1, 0.15) is 36.0 Å². The summed E-state index contributed by atoms with van der Waals surface area (Å²) >= 11 is 1.68. The van der Waals surface area contributed by atoms with Crippen molar-refractivity contribution in [1.29, 1.82) is 0 Å². The van der Waals surface area contributed by atoms with E-state index in [1.165, 1.54) is 5.56 Å². The van der Waals surface area contributed by atoms with E-state index in [4.69, 9.17) is 0 Å². The lowest BCUT2D eigenvalue weighted by Crippen LogP contribution is -2.36. The Bertz CT molecular complexity index is 886. The van der Waals surface area contributed by atoms with Crippen LogP contribution in [0.4, 0.5) is 0 Å². The molecule has 2 heterocycles. The zero-order valence-corrected chi connectivity index (χ0v) is 16.8. The molecular weight excluding hydrogens is 354 g/mol. The van der Waals surface area contributed by atoms with E-state index in [-0.39, 0.29) is 0 Å². The van der Waals surface area contributed by atoms with Crippen LogP contribution in [-0.4, -0.2) is 23.0 Å². The highest BCUT2D eigenvalue weighted by Gasteiger charge is 2.07. The number of hydrogen-bond donors (Lipinski definition) is 2. The predicted molar refractivity (Wildman–Crippen MR) is 113 cm³/mol. The summed E-state index contributed by atoms with van der Waals surface area (Å²) in [5, 5.41) is 9.88. The molecule has 3 aromatic rings. The molecule has 1 aromatic carbocycles. The highest BCUT2D eigenvalue weighted by molar-refractivity contribution is 7.09. The van der Waals surface area contributed by atoms with Crippen molar-refractivity contribution in [2.45, 2.75) is 32.9 Å². The second-order valence-corrected chi connectivity index (χ2v) is 7.46. The van der Waals surface area contributed by atoms with Gasteiger partial charge in [0.05, 0.1) is 17.9 Å². The normalized spacial score (nSPS) is 11.6. The molecule has 0 unspecified atom stereocenters. The van der Waals surface area contributed by atoms with E-state index < -0.39 is 0 Å². The molecule has 0 aliphatic carbocycles. The molecule has 0 saturated heterocycles. The van der Waals surface area contributed by atoms with Gasteiger partial charge in [0.1, 0.15) is 5.01 Å². The van der Waals surface area contributed by atoms with Gasteiger partial charge in [0.15, 0.2) is 5.96 Å². The SMILES string of the molecule is CN=C(NCc1cccc(-c2ccccn2)c1)NCc1nc(C(C)C)cs1. The van der Waals surface area contributed by atoms with Gasteiger partial charge in [-0.15, -0.1) is 11.3 Å². The molecule has 2 N–H and O–H groups in total. The van der Waals surface area contributed by atoms with Gasteiger partial charge in [-0.2, -0.15) is 0 Å². The molecule has 0 bridgehead atoms.